The third-order valence-corrected chi connectivity index (χ3v) is 36.1. The van der Waals surface area contributed by atoms with Gasteiger partial charge < -0.3 is 24.8 Å². The second kappa shape index (κ2) is 6.71. The van der Waals surface area contributed by atoms with Gasteiger partial charge in [0.05, 0.1) is 0 Å². The van der Waals surface area contributed by atoms with E-state index in [0.29, 0.717) is 10.0 Å². The van der Waals surface area contributed by atoms with Gasteiger partial charge in [-0.15, -0.1) is 0 Å². The van der Waals surface area contributed by atoms with Crippen LogP contribution in [0.1, 0.15) is 48.9 Å². The SMILES string of the molecule is C[C]1(C)[C](C)(C)[Hf+2]1([C]1=CC=CC1)[CH]1c2ccccc2-c2ccccc21.[Cl-].[Cl-]. The maximum atomic E-state index is 2.58. The summed E-state index contributed by atoms with van der Waals surface area (Å²) in [6.45, 7) is 10.3. The van der Waals surface area contributed by atoms with E-state index >= 15 is 0 Å². The summed E-state index contributed by atoms with van der Waals surface area (Å²) >= 11 is -2.91. The smallest absolute Gasteiger partial charge is 1.00 e. The Kier molecular flexibility index (Phi) is 5.24. The van der Waals surface area contributed by atoms with E-state index in [-0.39, 0.29) is 24.8 Å². The monoisotopic (exact) mass is 564 g/mol. The molecule has 0 atom stereocenters. The van der Waals surface area contributed by atoms with Crippen LogP contribution in [-0.2, 0) is 20.0 Å². The maximum Gasteiger partial charge on any atom is -1.00 e. The molecule has 1 aliphatic heterocycles. The molecule has 2 aliphatic carbocycles. The summed E-state index contributed by atoms with van der Waals surface area (Å²) in [5.74, 6) is 0. The van der Waals surface area contributed by atoms with Gasteiger partial charge in [-0.05, 0) is 0 Å². The zero-order chi connectivity index (χ0) is 17.4. The Balaban J connectivity index is 0.00000105. The molecule has 2 aromatic rings. The van der Waals surface area contributed by atoms with E-state index in [1.165, 1.54) is 17.5 Å². The maximum absolute atomic E-state index is 2.91. The Hall–Kier alpha value is -0.630. The van der Waals surface area contributed by atoms with Crippen molar-refractivity contribution in [2.45, 2.75) is 44.1 Å². The van der Waals surface area contributed by atoms with Gasteiger partial charge in [-0.3, -0.25) is 0 Å². The summed E-state index contributed by atoms with van der Waals surface area (Å²) in [5, 5.41) is 0. The van der Waals surface area contributed by atoms with Crippen LogP contribution in [0.3, 0.4) is 0 Å². The van der Waals surface area contributed by atoms with Crippen LogP contribution in [0.15, 0.2) is 70.1 Å². The van der Waals surface area contributed by atoms with Gasteiger partial charge in [0.1, 0.15) is 0 Å². The molecule has 27 heavy (non-hydrogen) atoms. The molecule has 5 rings (SSSR count). The fraction of sp³-hybridized carbons (Fsp3) is 0.333. The van der Waals surface area contributed by atoms with E-state index in [1.807, 2.05) is 3.33 Å². The predicted octanol–water partition coefficient (Wildman–Crippen LogP) is 1.17. The van der Waals surface area contributed by atoms with E-state index in [1.54, 1.807) is 11.1 Å². The summed E-state index contributed by atoms with van der Waals surface area (Å²) < 4.78 is 3.51. The predicted molar refractivity (Wildman–Crippen MR) is 104 cm³/mol. The van der Waals surface area contributed by atoms with Gasteiger partial charge >= 0.3 is 156 Å². The first kappa shape index (κ1) is 21.1. The fourth-order valence-electron chi connectivity index (χ4n) is 6.43. The van der Waals surface area contributed by atoms with E-state index in [2.05, 4.69) is 94.5 Å². The van der Waals surface area contributed by atoms with Crippen LogP contribution in [0.5, 0.6) is 0 Å². The second-order valence-electron chi connectivity index (χ2n) is 8.99. The quantitative estimate of drug-likeness (QED) is 0.482. The molecule has 1 fully saturated rings. The van der Waals surface area contributed by atoms with Gasteiger partial charge in [0.2, 0.25) is 0 Å². The number of allylic oxidation sites excluding steroid dienone is 4. The molecule has 0 amide bonds. The Bertz CT molecular complexity index is 893. The number of rotatable bonds is 2. The largest absolute Gasteiger partial charge is 1.00 e. The van der Waals surface area contributed by atoms with Crippen molar-refractivity contribution >= 4 is 0 Å². The molecule has 3 heteroatoms. The van der Waals surface area contributed by atoms with Crippen molar-refractivity contribution in [3.05, 3.63) is 81.2 Å². The van der Waals surface area contributed by atoms with E-state index < -0.39 is 20.0 Å². The van der Waals surface area contributed by atoms with Crippen LogP contribution in [0.25, 0.3) is 11.1 Å². The standard InChI is InChI=1S/C13H9.C6H12.C5H5.2ClH.Hf/c1-3-7-12-10(5-1)9-11-6-2-4-8-13(11)12;1-5(2)6(3)4;1-2-4-5-3-1;;;/h1-9H;1-4H3;1-3H,4H2;2*1H;/q;;;;;+2/p-2. The van der Waals surface area contributed by atoms with Gasteiger partial charge in [-0.1, -0.05) is 0 Å². The van der Waals surface area contributed by atoms with Gasteiger partial charge in [-0.2, -0.15) is 0 Å². The van der Waals surface area contributed by atoms with Crippen molar-refractivity contribution in [3.8, 4) is 11.1 Å². The van der Waals surface area contributed by atoms with Crippen LogP contribution in [0.2, 0.25) is 6.34 Å². The van der Waals surface area contributed by atoms with Crippen LogP contribution < -0.4 is 24.8 Å². The van der Waals surface area contributed by atoms with Crippen molar-refractivity contribution < 1.29 is 44.8 Å². The van der Waals surface area contributed by atoms with Crippen molar-refractivity contribution in [2.75, 3.05) is 0 Å². The molecular weight excluding hydrogens is 538 g/mol. The molecular formula is C24H26Cl2Hf. The van der Waals surface area contributed by atoms with E-state index in [4.69, 9.17) is 0 Å². The minimum absolute atomic E-state index is 0. The van der Waals surface area contributed by atoms with Crippen LogP contribution >= 0.6 is 0 Å². The zero-order valence-electron chi connectivity index (χ0n) is 16.4. The zero-order valence-corrected chi connectivity index (χ0v) is 21.5. The van der Waals surface area contributed by atoms with Crippen LogP contribution in [-0.4, -0.2) is 0 Å². The normalized spacial score (nSPS) is 21.0. The summed E-state index contributed by atoms with van der Waals surface area (Å²) in [7, 11) is 0. The fourth-order valence-corrected chi connectivity index (χ4v) is 40.4. The summed E-state index contributed by atoms with van der Waals surface area (Å²) in [6, 6.07) is 18.5. The third-order valence-electron chi connectivity index (χ3n) is 8.02. The molecule has 140 valence electrons. The number of halogens is 2. The first-order valence-corrected chi connectivity index (χ1v) is 17.0. The Morgan fingerprint density at radius 2 is 1.26 bits per heavy atom. The number of hydrogen-bond donors (Lipinski definition) is 0. The molecule has 0 N–H and O–H groups in total. The van der Waals surface area contributed by atoms with Gasteiger partial charge in [0, 0.05) is 0 Å². The minimum atomic E-state index is -2.91. The molecule has 0 spiro atoms. The molecule has 0 nitrogen and oxygen atoms in total. The number of hydrogen-bond acceptors (Lipinski definition) is 0. The Labute approximate surface area is 180 Å². The number of fused-ring (bicyclic) bond motifs is 3. The Morgan fingerprint density at radius 1 is 0.778 bits per heavy atom. The first-order chi connectivity index (χ1) is 11.9. The molecule has 2 aromatic carbocycles. The summed E-state index contributed by atoms with van der Waals surface area (Å²) in [6.07, 6.45) is 8.40. The Morgan fingerprint density at radius 3 is 1.67 bits per heavy atom. The third kappa shape index (κ3) is 2.31. The van der Waals surface area contributed by atoms with Crippen molar-refractivity contribution in [2.24, 2.45) is 0 Å². The summed E-state index contributed by atoms with van der Waals surface area (Å²) in [5.41, 5.74) is 6.23. The van der Waals surface area contributed by atoms with Crippen molar-refractivity contribution in [1.82, 2.24) is 0 Å². The molecule has 0 unspecified atom stereocenters. The average molecular weight is 564 g/mol. The van der Waals surface area contributed by atoms with Crippen LogP contribution in [0.4, 0.5) is 0 Å². The van der Waals surface area contributed by atoms with E-state index in [0.717, 1.165) is 0 Å². The molecule has 0 bridgehead atoms. The van der Waals surface area contributed by atoms with Crippen molar-refractivity contribution in [1.29, 1.82) is 0 Å². The molecule has 0 radical (unpaired) electrons. The van der Waals surface area contributed by atoms with Gasteiger partial charge in [-0.25, -0.2) is 0 Å². The molecule has 0 aromatic heterocycles. The van der Waals surface area contributed by atoms with Crippen LogP contribution in [0, 0.1) is 0 Å². The molecule has 1 saturated heterocycles. The molecule has 1 heterocycles. The van der Waals surface area contributed by atoms with Gasteiger partial charge in [0.25, 0.3) is 0 Å². The topological polar surface area (TPSA) is 0 Å². The number of benzene rings is 2. The molecule has 3 aliphatic rings. The molecule has 0 saturated carbocycles. The first-order valence-electron chi connectivity index (χ1n) is 9.49. The second-order valence-corrected chi connectivity index (χ2v) is 28.2. The minimum Gasteiger partial charge on any atom is -1.00 e. The van der Waals surface area contributed by atoms with E-state index in [9.17, 15) is 0 Å². The average Bonchev–Trinajstić information content (AvgIpc) is 3.10. The summed E-state index contributed by atoms with van der Waals surface area (Å²) in [4.78, 5) is 0. The van der Waals surface area contributed by atoms with Gasteiger partial charge in [0.15, 0.2) is 0 Å². The van der Waals surface area contributed by atoms with Crippen molar-refractivity contribution in [3.63, 3.8) is 0 Å².